The van der Waals surface area contributed by atoms with Gasteiger partial charge in [-0.3, -0.25) is 4.79 Å². The molecule has 0 radical (unpaired) electrons. The van der Waals surface area contributed by atoms with Crippen molar-refractivity contribution in [3.8, 4) is 17.6 Å². The summed E-state index contributed by atoms with van der Waals surface area (Å²) in [4.78, 5) is 11.0. The molecule has 1 rings (SSSR count). The lowest BCUT2D eigenvalue weighted by Crippen LogP contribution is -2.12. The third kappa shape index (κ3) is 3.86. The van der Waals surface area contributed by atoms with Crippen molar-refractivity contribution in [2.45, 2.75) is 6.92 Å². The summed E-state index contributed by atoms with van der Waals surface area (Å²) >= 11 is 2.10. The van der Waals surface area contributed by atoms with Gasteiger partial charge in [-0.1, -0.05) is 0 Å². The number of hydrogen-bond acceptors (Lipinski definition) is 4. The number of carbonyl (C=O) groups excluding carboxylic acids is 1. The van der Waals surface area contributed by atoms with Crippen LogP contribution in [-0.4, -0.2) is 19.6 Å². The van der Waals surface area contributed by atoms with Crippen molar-refractivity contribution >= 4 is 34.6 Å². The molecule has 1 aromatic carbocycles. The van der Waals surface area contributed by atoms with Crippen LogP contribution in [0.4, 0.5) is 0 Å². The van der Waals surface area contributed by atoms with Gasteiger partial charge in [0.15, 0.2) is 11.5 Å². The summed E-state index contributed by atoms with van der Waals surface area (Å²) in [7, 11) is 1.53. The third-order valence-electron chi connectivity index (χ3n) is 2.24. The zero-order chi connectivity index (χ0) is 14.4. The Labute approximate surface area is 125 Å². The van der Waals surface area contributed by atoms with Crippen molar-refractivity contribution in [1.29, 1.82) is 5.26 Å². The van der Waals surface area contributed by atoms with Crippen molar-refractivity contribution in [2.24, 2.45) is 5.73 Å². The SMILES string of the molecule is CCOc1c(I)cc(/C=C(/C#N)C(N)=O)cc1OC. The largest absolute Gasteiger partial charge is 0.493 e. The molecule has 0 unspecified atom stereocenters. The minimum atomic E-state index is -0.759. The Hall–Kier alpha value is -1.75. The van der Waals surface area contributed by atoms with Gasteiger partial charge in [0.1, 0.15) is 11.6 Å². The molecule has 0 aliphatic carbocycles. The highest BCUT2D eigenvalue weighted by molar-refractivity contribution is 14.1. The summed E-state index contributed by atoms with van der Waals surface area (Å²) in [6.07, 6.45) is 1.42. The lowest BCUT2D eigenvalue weighted by molar-refractivity contribution is -0.114. The number of ether oxygens (including phenoxy) is 2. The number of methoxy groups -OCH3 is 1. The fraction of sp³-hybridized carbons (Fsp3) is 0.231. The van der Waals surface area contributed by atoms with Gasteiger partial charge in [-0.05, 0) is 53.3 Å². The van der Waals surface area contributed by atoms with E-state index in [-0.39, 0.29) is 5.57 Å². The van der Waals surface area contributed by atoms with Gasteiger partial charge in [0.25, 0.3) is 5.91 Å². The van der Waals surface area contributed by atoms with E-state index in [1.54, 1.807) is 18.2 Å². The zero-order valence-electron chi connectivity index (χ0n) is 10.6. The summed E-state index contributed by atoms with van der Waals surface area (Å²) in [5.74, 6) is 0.424. The van der Waals surface area contributed by atoms with Crippen LogP contribution < -0.4 is 15.2 Å². The summed E-state index contributed by atoms with van der Waals surface area (Å²) in [5, 5.41) is 8.82. The molecule has 0 bridgehead atoms. The minimum Gasteiger partial charge on any atom is -0.493 e. The van der Waals surface area contributed by atoms with Crippen LogP contribution in [0.5, 0.6) is 11.5 Å². The first kappa shape index (κ1) is 15.3. The number of amides is 1. The fourth-order valence-electron chi connectivity index (χ4n) is 1.43. The number of nitriles is 1. The topological polar surface area (TPSA) is 85.3 Å². The van der Waals surface area contributed by atoms with Gasteiger partial charge in [0.2, 0.25) is 0 Å². The maximum atomic E-state index is 11.0. The molecule has 0 saturated heterocycles. The smallest absolute Gasteiger partial charge is 0.259 e. The first-order valence-corrected chi connectivity index (χ1v) is 6.53. The number of carbonyl (C=O) groups is 1. The second-order valence-electron chi connectivity index (χ2n) is 3.50. The van der Waals surface area contributed by atoms with Crippen LogP contribution in [0.15, 0.2) is 17.7 Å². The molecule has 0 saturated carbocycles. The highest BCUT2D eigenvalue weighted by atomic mass is 127. The molecule has 0 aromatic heterocycles. The average molecular weight is 372 g/mol. The van der Waals surface area contributed by atoms with Crippen LogP contribution in [0.3, 0.4) is 0 Å². The average Bonchev–Trinajstić information content (AvgIpc) is 2.38. The maximum Gasteiger partial charge on any atom is 0.259 e. The molecule has 6 heteroatoms. The molecule has 100 valence electrons. The quantitative estimate of drug-likeness (QED) is 0.487. The molecule has 0 spiro atoms. The van der Waals surface area contributed by atoms with E-state index in [9.17, 15) is 4.79 Å². The van der Waals surface area contributed by atoms with Crippen molar-refractivity contribution in [1.82, 2.24) is 0 Å². The van der Waals surface area contributed by atoms with Crippen molar-refractivity contribution in [3.63, 3.8) is 0 Å². The zero-order valence-corrected chi connectivity index (χ0v) is 12.7. The standard InChI is InChI=1S/C13H13IN2O3/c1-3-19-12-10(14)5-8(6-11(12)18-2)4-9(7-15)13(16)17/h4-6H,3H2,1-2H3,(H2,16,17)/b9-4-. The first-order valence-electron chi connectivity index (χ1n) is 5.45. The lowest BCUT2D eigenvalue weighted by Gasteiger charge is -2.12. The minimum absolute atomic E-state index is 0.109. The van der Waals surface area contributed by atoms with Crippen LogP contribution in [0.1, 0.15) is 12.5 Å². The summed E-state index contributed by atoms with van der Waals surface area (Å²) in [6, 6.07) is 5.23. The van der Waals surface area contributed by atoms with E-state index in [0.717, 1.165) is 3.57 Å². The third-order valence-corrected chi connectivity index (χ3v) is 3.04. The monoisotopic (exact) mass is 372 g/mol. The van der Waals surface area contributed by atoms with E-state index in [1.165, 1.54) is 13.2 Å². The summed E-state index contributed by atoms with van der Waals surface area (Å²) in [5.41, 5.74) is 5.64. The number of nitrogens with zero attached hydrogens (tertiary/aromatic N) is 1. The van der Waals surface area contributed by atoms with Gasteiger partial charge in [-0.25, -0.2) is 0 Å². The Bertz CT molecular complexity index is 562. The molecule has 19 heavy (non-hydrogen) atoms. The maximum absolute atomic E-state index is 11.0. The van der Waals surface area contributed by atoms with Gasteiger partial charge in [-0.2, -0.15) is 5.26 Å². The van der Waals surface area contributed by atoms with Gasteiger partial charge in [0, 0.05) is 0 Å². The molecule has 5 nitrogen and oxygen atoms in total. The summed E-state index contributed by atoms with van der Waals surface area (Å²) in [6.45, 7) is 2.40. The van der Waals surface area contributed by atoms with Gasteiger partial charge >= 0.3 is 0 Å². The second-order valence-corrected chi connectivity index (χ2v) is 4.66. The number of rotatable bonds is 5. The number of nitrogens with two attached hydrogens (primary N) is 1. The molecule has 0 aliphatic heterocycles. The molecule has 1 amide bonds. The van der Waals surface area contributed by atoms with E-state index >= 15 is 0 Å². The highest BCUT2D eigenvalue weighted by Gasteiger charge is 2.11. The Kier molecular flexibility index (Phi) is 5.63. The predicted molar refractivity (Wildman–Crippen MR) is 79.7 cm³/mol. The van der Waals surface area contributed by atoms with Gasteiger partial charge in [-0.15, -0.1) is 0 Å². The molecular weight excluding hydrogens is 359 g/mol. The molecule has 0 atom stereocenters. The van der Waals surface area contributed by atoms with E-state index < -0.39 is 5.91 Å². The van der Waals surface area contributed by atoms with Crippen molar-refractivity contribution < 1.29 is 14.3 Å². The van der Waals surface area contributed by atoms with E-state index in [2.05, 4.69) is 22.6 Å². The Morgan fingerprint density at radius 1 is 1.58 bits per heavy atom. The molecule has 2 N–H and O–H groups in total. The highest BCUT2D eigenvalue weighted by Crippen LogP contribution is 2.34. The molecular formula is C13H13IN2O3. The lowest BCUT2D eigenvalue weighted by atomic mass is 10.1. The second kappa shape index (κ2) is 6.99. The van der Waals surface area contributed by atoms with Crippen LogP contribution >= 0.6 is 22.6 Å². The first-order chi connectivity index (χ1) is 9.03. The predicted octanol–water partition coefficient (Wildman–Crippen LogP) is 2.09. The number of primary amides is 1. The van der Waals surface area contributed by atoms with Gasteiger partial charge in [0.05, 0.1) is 17.3 Å². The van der Waals surface area contributed by atoms with E-state index in [4.69, 9.17) is 20.5 Å². The molecule has 0 heterocycles. The van der Waals surface area contributed by atoms with Crippen LogP contribution in [0, 0.1) is 14.9 Å². The summed E-state index contributed by atoms with van der Waals surface area (Å²) < 4.78 is 11.5. The normalized spacial score (nSPS) is 10.7. The number of halogens is 1. The molecule has 0 aliphatic rings. The van der Waals surface area contributed by atoms with Gasteiger partial charge < -0.3 is 15.2 Å². The van der Waals surface area contributed by atoms with Crippen molar-refractivity contribution in [2.75, 3.05) is 13.7 Å². The molecule has 1 aromatic rings. The van der Waals surface area contributed by atoms with Crippen LogP contribution in [0.25, 0.3) is 6.08 Å². The Balaban J connectivity index is 3.30. The van der Waals surface area contributed by atoms with Crippen LogP contribution in [0.2, 0.25) is 0 Å². The Morgan fingerprint density at radius 3 is 2.74 bits per heavy atom. The van der Waals surface area contributed by atoms with Crippen LogP contribution in [-0.2, 0) is 4.79 Å². The van der Waals surface area contributed by atoms with E-state index in [1.807, 2.05) is 6.92 Å². The number of benzene rings is 1. The Morgan fingerprint density at radius 2 is 2.26 bits per heavy atom. The number of hydrogen-bond donors (Lipinski definition) is 1. The fourth-order valence-corrected chi connectivity index (χ4v) is 2.21. The van der Waals surface area contributed by atoms with E-state index in [0.29, 0.717) is 23.7 Å². The van der Waals surface area contributed by atoms with Crippen molar-refractivity contribution in [3.05, 3.63) is 26.8 Å². The molecule has 0 fully saturated rings.